The second-order valence-corrected chi connectivity index (χ2v) is 5.93. The number of carbonyl (C=O) groups excluding carboxylic acids is 1. The molecule has 1 fully saturated rings. The molecule has 1 unspecified atom stereocenters. The van der Waals surface area contributed by atoms with Crippen LogP contribution in [0.25, 0.3) is 0 Å². The van der Waals surface area contributed by atoms with Gasteiger partial charge in [-0.25, -0.2) is 0 Å². The fourth-order valence-corrected chi connectivity index (χ4v) is 2.47. The first kappa shape index (κ1) is 11.7. The zero-order valence-corrected chi connectivity index (χ0v) is 10.8. The van der Waals surface area contributed by atoms with Gasteiger partial charge in [-0.3, -0.25) is 4.79 Å². The van der Waals surface area contributed by atoms with Gasteiger partial charge in [0.05, 0.1) is 6.04 Å². The van der Waals surface area contributed by atoms with Gasteiger partial charge >= 0.3 is 0 Å². The van der Waals surface area contributed by atoms with Crippen LogP contribution in [0.4, 0.5) is 5.69 Å². The minimum absolute atomic E-state index is 0.0465. The molecule has 0 saturated heterocycles. The molecule has 1 amide bonds. The van der Waals surface area contributed by atoms with Crippen LogP contribution in [-0.2, 0) is 11.2 Å². The van der Waals surface area contributed by atoms with Gasteiger partial charge in [-0.1, -0.05) is 25.1 Å². The highest BCUT2D eigenvalue weighted by atomic mass is 16.2. The van der Waals surface area contributed by atoms with Gasteiger partial charge in [0.2, 0.25) is 5.91 Å². The van der Waals surface area contributed by atoms with Crippen LogP contribution in [0.2, 0.25) is 0 Å². The lowest BCUT2D eigenvalue weighted by Crippen LogP contribution is -2.42. The van der Waals surface area contributed by atoms with Gasteiger partial charge in [-0.15, -0.1) is 0 Å². The predicted octanol–water partition coefficient (Wildman–Crippen LogP) is 2.33. The maximum absolute atomic E-state index is 12.1. The van der Waals surface area contributed by atoms with E-state index < -0.39 is 0 Å². The molecule has 3 rings (SSSR count). The lowest BCUT2D eigenvalue weighted by Gasteiger charge is -2.18. The Labute approximate surface area is 108 Å². The fraction of sp³-hybridized carbons (Fsp3) is 0.533. The van der Waals surface area contributed by atoms with E-state index in [2.05, 4.69) is 23.6 Å². The van der Waals surface area contributed by atoms with Gasteiger partial charge in [0.1, 0.15) is 0 Å². The highest BCUT2D eigenvalue weighted by Crippen LogP contribution is 2.44. The number of para-hydroxylation sites is 1. The van der Waals surface area contributed by atoms with Crippen molar-refractivity contribution in [2.75, 3.05) is 11.9 Å². The molecule has 0 spiro atoms. The molecule has 1 aliphatic heterocycles. The molecule has 0 bridgehead atoms. The molecule has 2 aliphatic rings. The number of hydrogen-bond acceptors (Lipinski definition) is 2. The second kappa shape index (κ2) is 4.39. The highest BCUT2D eigenvalue weighted by Gasteiger charge is 2.38. The van der Waals surface area contributed by atoms with Gasteiger partial charge < -0.3 is 10.6 Å². The molecule has 1 heterocycles. The third kappa shape index (κ3) is 2.41. The van der Waals surface area contributed by atoms with Crippen molar-refractivity contribution in [1.29, 1.82) is 0 Å². The summed E-state index contributed by atoms with van der Waals surface area (Å²) < 4.78 is 0. The number of fused-ring (bicyclic) bond motifs is 1. The van der Waals surface area contributed by atoms with Crippen molar-refractivity contribution in [2.45, 2.75) is 38.6 Å². The molecule has 1 aliphatic carbocycles. The highest BCUT2D eigenvalue weighted by molar-refractivity contribution is 5.96. The number of nitrogens with one attached hydrogen (secondary N) is 2. The number of rotatable bonds is 3. The molecule has 3 nitrogen and oxygen atoms in total. The third-order valence-corrected chi connectivity index (χ3v) is 4.17. The molecule has 0 aromatic heterocycles. The molecule has 3 heteroatoms. The van der Waals surface area contributed by atoms with Crippen molar-refractivity contribution in [1.82, 2.24) is 5.32 Å². The number of benzene rings is 1. The zero-order valence-electron chi connectivity index (χ0n) is 10.8. The summed E-state index contributed by atoms with van der Waals surface area (Å²) in [5.74, 6) is 0.115. The Kier molecular flexibility index (Phi) is 2.86. The van der Waals surface area contributed by atoms with Crippen LogP contribution in [0.3, 0.4) is 0 Å². The maximum Gasteiger partial charge on any atom is 0.241 e. The molecule has 1 saturated carbocycles. The van der Waals surface area contributed by atoms with Crippen LogP contribution in [0.15, 0.2) is 24.3 Å². The largest absolute Gasteiger partial charge is 0.324 e. The summed E-state index contributed by atoms with van der Waals surface area (Å²) in [4.78, 5) is 12.1. The summed E-state index contributed by atoms with van der Waals surface area (Å²) in [6.07, 6.45) is 4.42. The van der Waals surface area contributed by atoms with E-state index >= 15 is 0 Å². The first-order chi connectivity index (χ1) is 8.66. The average Bonchev–Trinajstić information content (AvgIpc) is 3.11. The van der Waals surface area contributed by atoms with E-state index in [9.17, 15) is 4.79 Å². The Bertz CT molecular complexity index is 465. The first-order valence-electron chi connectivity index (χ1n) is 6.78. The van der Waals surface area contributed by atoms with Gasteiger partial charge in [0.25, 0.3) is 0 Å². The summed E-state index contributed by atoms with van der Waals surface area (Å²) in [5.41, 5.74) is 2.66. The Morgan fingerprint density at radius 1 is 1.39 bits per heavy atom. The van der Waals surface area contributed by atoms with Crippen molar-refractivity contribution in [3.8, 4) is 0 Å². The number of amides is 1. The molecular formula is C15H20N2O. The average molecular weight is 244 g/mol. The lowest BCUT2D eigenvalue weighted by molar-refractivity contribution is -0.118. The normalized spacial score (nSPS) is 24.9. The van der Waals surface area contributed by atoms with E-state index in [-0.39, 0.29) is 11.9 Å². The van der Waals surface area contributed by atoms with Gasteiger partial charge in [-0.05, 0) is 42.7 Å². The SMILES string of the molecule is CC1(CNC2CCc3ccccc3NC2=O)CC1. The number of hydrogen-bond donors (Lipinski definition) is 2. The summed E-state index contributed by atoms with van der Waals surface area (Å²) >= 11 is 0. The third-order valence-electron chi connectivity index (χ3n) is 4.17. The monoisotopic (exact) mass is 244 g/mol. The van der Waals surface area contributed by atoms with Crippen LogP contribution >= 0.6 is 0 Å². The van der Waals surface area contributed by atoms with E-state index in [1.807, 2.05) is 18.2 Å². The predicted molar refractivity (Wildman–Crippen MR) is 72.5 cm³/mol. The fourth-order valence-electron chi connectivity index (χ4n) is 2.47. The Hall–Kier alpha value is -1.35. The van der Waals surface area contributed by atoms with E-state index in [0.717, 1.165) is 25.1 Å². The summed E-state index contributed by atoms with van der Waals surface area (Å²) in [6, 6.07) is 8.04. The summed E-state index contributed by atoms with van der Waals surface area (Å²) in [5, 5.41) is 6.46. The molecular weight excluding hydrogens is 224 g/mol. The van der Waals surface area contributed by atoms with E-state index in [1.165, 1.54) is 18.4 Å². The minimum Gasteiger partial charge on any atom is -0.324 e. The molecule has 2 N–H and O–H groups in total. The van der Waals surface area contributed by atoms with E-state index in [1.54, 1.807) is 0 Å². The Morgan fingerprint density at radius 2 is 2.17 bits per heavy atom. The standard InChI is InChI=1S/C15H20N2O/c1-15(8-9-15)10-16-13-7-6-11-4-2-3-5-12(11)17-14(13)18/h2-5,13,16H,6-10H2,1H3,(H,17,18). The quantitative estimate of drug-likeness (QED) is 0.857. The minimum atomic E-state index is -0.0465. The second-order valence-electron chi connectivity index (χ2n) is 5.93. The topological polar surface area (TPSA) is 41.1 Å². The zero-order chi connectivity index (χ0) is 12.6. The van der Waals surface area contributed by atoms with Crippen LogP contribution < -0.4 is 10.6 Å². The van der Waals surface area contributed by atoms with Crippen LogP contribution in [0, 0.1) is 5.41 Å². The number of carbonyl (C=O) groups is 1. The van der Waals surface area contributed by atoms with Gasteiger partial charge in [0.15, 0.2) is 0 Å². The van der Waals surface area contributed by atoms with E-state index in [0.29, 0.717) is 5.41 Å². The molecule has 1 atom stereocenters. The Morgan fingerprint density at radius 3 is 2.94 bits per heavy atom. The summed E-state index contributed by atoms with van der Waals surface area (Å²) in [6.45, 7) is 3.24. The number of anilines is 1. The molecule has 1 aromatic carbocycles. The maximum atomic E-state index is 12.1. The smallest absolute Gasteiger partial charge is 0.241 e. The van der Waals surface area contributed by atoms with Crippen molar-refractivity contribution in [3.05, 3.63) is 29.8 Å². The first-order valence-corrected chi connectivity index (χ1v) is 6.78. The van der Waals surface area contributed by atoms with Crippen LogP contribution in [-0.4, -0.2) is 18.5 Å². The van der Waals surface area contributed by atoms with Crippen molar-refractivity contribution in [3.63, 3.8) is 0 Å². The molecule has 18 heavy (non-hydrogen) atoms. The molecule has 96 valence electrons. The number of aryl methyl sites for hydroxylation is 1. The van der Waals surface area contributed by atoms with Crippen LogP contribution in [0.1, 0.15) is 31.7 Å². The van der Waals surface area contributed by atoms with Gasteiger partial charge in [0, 0.05) is 12.2 Å². The van der Waals surface area contributed by atoms with Gasteiger partial charge in [-0.2, -0.15) is 0 Å². The van der Waals surface area contributed by atoms with Crippen molar-refractivity contribution >= 4 is 11.6 Å². The lowest BCUT2D eigenvalue weighted by atomic mass is 10.0. The molecule has 0 radical (unpaired) electrons. The Balaban J connectivity index is 1.67. The van der Waals surface area contributed by atoms with Crippen molar-refractivity contribution in [2.24, 2.45) is 5.41 Å². The summed E-state index contributed by atoms with van der Waals surface area (Å²) in [7, 11) is 0. The van der Waals surface area contributed by atoms with Crippen molar-refractivity contribution < 1.29 is 4.79 Å². The molecule has 1 aromatic rings. The van der Waals surface area contributed by atoms with Crippen LogP contribution in [0.5, 0.6) is 0 Å². The van der Waals surface area contributed by atoms with E-state index in [4.69, 9.17) is 0 Å².